The van der Waals surface area contributed by atoms with Crippen molar-refractivity contribution in [1.82, 2.24) is 24.5 Å². The van der Waals surface area contributed by atoms with Gasteiger partial charge in [-0.05, 0) is 43.5 Å². The number of hydrogen-bond acceptors (Lipinski definition) is 5. The molecule has 1 N–H and O–H groups in total. The standard InChI is InChI=1S/C30H37N5O4/c1-6-11-30(12-13-31-28(36)23-19-33-14-9-8-10-26(33)32-23)25-15-20(3)27-21(16-22(38-4)17-24(27)39-5)18-34(25)29(37)35(30)7-2/h8-10,14-17,19-20H,6-7,11-13,18H2,1-5H3,(H,31,36)/t20-,30?/m0/s1. The van der Waals surface area contributed by atoms with E-state index in [1.807, 2.05) is 57.7 Å². The van der Waals surface area contributed by atoms with Crippen LogP contribution in [0.25, 0.3) is 5.65 Å². The van der Waals surface area contributed by atoms with Crippen LogP contribution in [0.5, 0.6) is 11.5 Å². The molecular formula is C30H37N5O4. The number of amides is 3. The average molecular weight is 532 g/mol. The smallest absolute Gasteiger partial charge is 0.325 e. The highest BCUT2D eigenvalue weighted by Crippen LogP contribution is 2.48. The van der Waals surface area contributed by atoms with E-state index in [0.717, 1.165) is 41.1 Å². The largest absolute Gasteiger partial charge is 0.497 e. The fourth-order valence-corrected chi connectivity index (χ4v) is 6.32. The van der Waals surface area contributed by atoms with E-state index >= 15 is 0 Å². The number of rotatable bonds is 9. The Hall–Kier alpha value is -4.01. The van der Waals surface area contributed by atoms with E-state index in [9.17, 15) is 9.59 Å². The number of allylic oxidation sites excluding steroid dienone is 1. The molecule has 5 rings (SSSR count). The van der Waals surface area contributed by atoms with Crippen LogP contribution in [0, 0.1) is 0 Å². The summed E-state index contributed by atoms with van der Waals surface area (Å²) < 4.78 is 13.1. The van der Waals surface area contributed by atoms with Crippen molar-refractivity contribution in [3.63, 3.8) is 0 Å². The van der Waals surface area contributed by atoms with Crippen LogP contribution in [0.4, 0.5) is 4.79 Å². The molecule has 1 fully saturated rings. The maximum atomic E-state index is 13.9. The summed E-state index contributed by atoms with van der Waals surface area (Å²) in [5, 5.41) is 3.07. The summed E-state index contributed by atoms with van der Waals surface area (Å²) in [6.07, 6.45) is 8.12. The number of carbonyl (C=O) groups is 2. The summed E-state index contributed by atoms with van der Waals surface area (Å²) in [7, 11) is 3.30. The summed E-state index contributed by atoms with van der Waals surface area (Å²) in [5.41, 5.74) is 3.66. The molecule has 0 bridgehead atoms. The molecule has 1 saturated heterocycles. The monoisotopic (exact) mass is 531 g/mol. The number of urea groups is 1. The maximum Gasteiger partial charge on any atom is 0.325 e. The van der Waals surface area contributed by atoms with Gasteiger partial charge in [-0.15, -0.1) is 0 Å². The predicted molar refractivity (Wildman–Crippen MR) is 149 cm³/mol. The van der Waals surface area contributed by atoms with Crippen LogP contribution in [-0.2, 0) is 6.54 Å². The fraction of sp³-hybridized carbons (Fsp3) is 0.433. The van der Waals surface area contributed by atoms with E-state index in [4.69, 9.17) is 9.47 Å². The van der Waals surface area contributed by atoms with Gasteiger partial charge in [-0.25, -0.2) is 9.78 Å². The Morgan fingerprint density at radius 2 is 2.00 bits per heavy atom. The molecule has 0 aliphatic carbocycles. The predicted octanol–water partition coefficient (Wildman–Crippen LogP) is 4.97. The quantitative estimate of drug-likeness (QED) is 0.421. The molecule has 1 unspecified atom stereocenters. The molecule has 9 heteroatoms. The third-order valence-electron chi connectivity index (χ3n) is 8.00. The number of aromatic nitrogens is 2. The fourth-order valence-electron chi connectivity index (χ4n) is 6.32. The Balaban J connectivity index is 1.46. The molecule has 39 heavy (non-hydrogen) atoms. The van der Waals surface area contributed by atoms with Crippen LogP contribution in [-0.4, -0.2) is 64.0 Å². The number of fused-ring (bicyclic) bond motifs is 3. The Morgan fingerprint density at radius 3 is 2.69 bits per heavy atom. The van der Waals surface area contributed by atoms with Crippen LogP contribution < -0.4 is 14.8 Å². The molecule has 4 heterocycles. The van der Waals surface area contributed by atoms with Crippen LogP contribution in [0.1, 0.15) is 67.6 Å². The van der Waals surface area contributed by atoms with Gasteiger partial charge in [0.15, 0.2) is 0 Å². The van der Waals surface area contributed by atoms with E-state index in [2.05, 4.69) is 30.2 Å². The molecule has 3 aromatic rings. The van der Waals surface area contributed by atoms with Crippen molar-refractivity contribution in [2.24, 2.45) is 0 Å². The lowest BCUT2D eigenvalue weighted by Crippen LogP contribution is -2.48. The van der Waals surface area contributed by atoms with Gasteiger partial charge in [0, 0.05) is 48.7 Å². The number of imidazole rings is 1. The van der Waals surface area contributed by atoms with Crippen LogP contribution in [0.3, 0.4) is 0 Å². The Labute approximate surface area is 229 Å². The zero-order chi connectivity index (χ0) is 27.7. The Bertz CT molecular complexity index is 1400. The highest BCUT2D eigenvalue weighted by molar-refractivity contribution is 5.92. The van der Waals surface area contributed by atoms with Gasteiger partial charge in [0.1, 0.15) is 22.8 Å². The molecule has 2 aromatic heterocycles. The first-order valence-electron chi connectivity index (χ1n) is 13.6. The van der Waals surface area contributed by atoms with Gasteiger partial charge < -0.3 is 24.1 Å². The number of benzene rings is 1. The minimum absolute atomic E-state index is 0.00860. The van der Waals surface area contributed by atoms with Crippen LogP contribution in [0.2, 0.25) is 0 Å². The number of pyridine rings is 1. The van der Waals surface area contributed by atoms with Gasteiger partial charge in [0.05, 0.1) is 26.3 Å². The van der Waals surface area contributed by atoms with Crippen molar-refractivity contribution in [3.8, 4) is 11.5 Å². The molecular weight excluding hydrogens is 494 g/mol. The van der Waals surface area contributed by atoms with Crippen molar-refractivity contribution in [1.29, 1.82) is 0 Å². The maximum absolute atomic E-state index is 13.9. The van der Waals surface area contributed by atoms with E-state index in [1.54, 1.807) is 20.4 Å². The SMILES string of the molecule is CCCC1(CCNC(=O)c2cn3ccccc3n2)C2=C[C@H](C)c3c(cc(OC)cc3OC)CN2C(=O)N1CC. The summed E-state index contributed by atoms with van der Waals surface area (Å²) >= 11 is 0. The first kappa shape index (κ1) is 26.6. The van der Waals surface area contributed by atoms with Crippen molar-refractivity contribution in [2.75, 3.05) is 27.3 Å². The summed E-state index contributed by atoms with van der Waals surface area (Å²) in [4.78, 5) is 35.3. The molecule has 2 aliphatic rings. The molecule has 2 atom stereocenters. The Kier molecular flexibility index (Phi) is 7.25. The molecule has 0 saturated carbocycles. The molecule has 1 aromatic carbocycles. The number of hydrogen-bond donors (Lipinski definition) is 1. The van der Waals surface area contributed by atoms with Gasteiger partial charge in [0.2, 0.25) is 0 Å². The first-order valence-corrected chi connectivity index (χ1v) is 13.6. The summed E-state index contributed by atoms with van der Waals surface area (Å²) in [6.45, 7) is 7.74. The zero-order valence-electron chi connectivity index (χ0n) is 23.4. The van der Waals surface area contributed by atoms with Crippen LogP contribution in [0.15, 0.2) is 54.5 Å². The van der Waals surface area contributed by atoms with Crippen molar-refractivity contribution in [2.45, 2.75) is 58.0 Å². The number of carbonyl (C=O) groups excluding carboxylic acids is 2. The van der Waals surface area contributed by atoms with E-state index in [0.29, 0.717) is 37.5 Å². The Morgan fingerprint density at radius 1 is 1.18 bits per heavy atom. The lowest BCUT2D eigenvalue weighted by atomic mass is 9.83. The van der Waals surface area contributed by atoms with Crippen molar-refractivity contribution < 1.29 is 19.1 Å². The topological polar surface area (TPSA) is 88.4 Å². The number of likely N-dealkylation sites (N-methyl/N-ethyl adjacent to an activating group) is 1. The molecule has 206 valence electrons. The van der Waals surface area contributed by atoms with E-state index in [-0.39, 0.29) is 17.9 Å². The molecule has 0 spiro atoms. The number of ether oxygens (including phenoxy) is 2. The lowest BCUT2D eigenvalue weighted by Gasteiger charge is -2.38. The van der Waals surface area contributed by atoms with Gasteiger partial charge in [-0.1, -0.05) is 32.4 Å². The molecule has 9 nitrogen and oxygen atoms in total. The molecule has 2 aliphatic heterocycles. The van der Waals surface area contributed by atoms with E-state index in [1.165, 1.54) is 0 Å². The summed E-state index contributed by atoms with van der Waals surface area (Å²) in [6, 6.07) is 9.56. The lowest BCUT2D eigenvalue weighted by molar-refractivity contribution is 0.0939. The average Bonchev–Trinajstić information content (AvgIpc) is 3.41. The second kappa shape index (κ2) is 10.6. The van der Waals surface area contributed by atoms with Gasteiger partial charge >= 0.3 is 6.03 Å². The van der Waals surface area contributed by atoms with Crippen molar-refractivity contribution in [3.05, 3.63) is 71.3 Å². The third-order valence-corrected chi connectivity index (χ3v) is 8.00. The molecule has 3 amide bonds. The van der Waals surface area contributed by atoms with Crippen LogP contribution >= 0.6 is 0 Å². The first-order chi connectivity index (χ1) is 18.9. The van der Waals surface area contributed by atoms with E-state index < -0.39 is 5.54 Å². The van der Waals surface area contributed by atoms with Gasteiger partial charge in [-0.2, -0.15) is 0 Å². The number of methoxy groups -OCH3 is 2. The minimum Gasteiger partial charge on any atom is -0.497 e. The third kappa shape index (κ3) is 4.49. The minimum atomic E-state index is -0.527. The normalized spacial score (nSPS) is 20.4. The second-order valence-corrected chi connectivity index (χ2v) is 10.2. The van der Waals surface area contributed by atoms with Crippen molar-refractivity contribution >= 4 is 17.6 Å². The molecule has 0 radical (unpaired) electrons. The zero-order valence-corrected chi connectivity index (χ0v) is 23.4. The highest BCUT2D eigenvalue weighted by atomic mass is 16.5. The van der Waals surface area contributed by atoms with Gasteiger partial charge in [0.25, 0.3) is 5.91 Å². The second-order valence-electron chi connectivity index (χ2n) is 10.2. The number of nitrogens with one attached hydrogen (secondary N) is 1. The highest BCUT2D eigenvalue weighted by Gasteiger charge is 2.53. The summed E-state index contributed by atoms with van der Waals surface area (Å²) in [5.74, 6) is 1.27. The number of nitrogens with zero attached hydrogens (tertiary/aromatic N) is 4. The van der Waals surface area contributed by atoms with Gasteiger partial charge in [-0.3, -0.25) is 9.69 Å².